The zero-order valence-electron chi connectivity index (χ0n) is 33.5. The molecule has 14 heteroatoms. The molecule has 5 N–H and O–H groups in total. The zero-order chi connectivity index (χ0) is 40.4. The third-order valence-corrected chi connectivity index (χ3v) is 12.1. The van der Waals surface area contributed by atoms with Gasteiger partial charge in [-0.2, -0.15) is 0 Å². The van der Waals surface area contributed by atoms with Crippen molar-refractivity contribution in [2.45, 2.75) is 89.9 Å². The van der Waals surface area contributed by atoms with E-state index < -0.39 is 24.3 Å². The number of alkyl carbamates (subject to hydrolysis) is 2. The molecule has 2 aromatic carbocycles. The summed E-state index contributed by atoms with van der Waals surface area (Å²) in [6, 6.07) is 15.1. The molecule has 3 fully saturated rings. The average molecular weight is 779 g/mol. The van der Waals surface area contributed by atoms with Gasteiger partial charge in [-0.15, -0.1) is 0 Å². The second-order valence-corrected chi connectivity index (χ2v) is 16.3. The largest absolute Gasteiger partial charge is 0.453 e. The number of carbonyl (C=O) groups excluding carboxylic acids is 4. The molecule has 14 nitrogen and oxygen atoms in total. The maximum absolute atomic E-state index is 13.5. The minimum atomic E-state index is -0.688. The third kappa shape index (κ3) is 8.26. The fraction of sp³-hybridized carbons (Fsp3) is 0.488. The molecule has 7 atom stereocenters. The van der Waals surface area contributed by atoms with Crippen LogP contribution >= 0.6 is 0 Å². The molecule has 3 heterocycles. The lowest BCUT2D eigenvalue weighted by Gasteiger charge is -2.32. The van der Waals surface area contributed by atoms with Crippen molar-refractivity contribution in [2.24, 2.45) is 23.7 Å². The zero-order valence-corrected chi connectivity index (χ0v) is 33.5. The highest BCUT2D eigenvalue weighted by atomic mass is 16.5. The summed E-state index contributed by atoms with van der Waals surface area (Å²) in [6.07, 6.45) is 7.31. The molecular weight excluding hydrogens is 725 g/mol. The van der Waals surface area contributed by atoms with Crippen LogP contribution in [0.2, 0.25) is 0 Å². The number of hydrogen-bond acceptors (Lipinski definition) is 8. The van der Waals surface area contributed by atoms with E-state index in [9.17, 15) is 19.2 Å². The Morgan fingerprint density at radius 2 is 1.21 bits per heavy atom. The summed E-state index contributed by atoms with van der Waals surface area (Å²) in [7, 11) is 2.59. The molecule has 1 saturated heterocycles. The lowest BCUT2D eigenvalue weighted by molar-refractivity contribution is -0.135. The number of ether oxygens (including phenoxy) is 2. The van der Waals surface area contributed by atoms with Crippen molar-refractivity contribution in [3.8, 4) is 33.6 Å². The minimum absolute atomic E-state index is 0.0597. The number of aromatic nitrogens is 4. The first-order valence-corrected chi connectivity index (χ1v) is 20.1. The number of nitrogens with one attached hydrogen (secondary N) is 5. The highest BCUT2D eigenvalue weighted by molar-refractivity contribution is 5.87. The number of likely N-dealkylation sites (tertiary alicyclic amines) is 1. The number of nitrogens with zero attached hydrogens (tertiary/aromatic N) is 3. The molecule has 2 aliphatic carbocycles. The maximum atomic E-state index is 13.5. The minimum Gasteiger partial charge on any atom is -0.453 e. The van der Waals surface area contributed by atoms with Gasteiger partial charge in [0.15, 0.2) is 0 Å². The summed E-state index contributed by atoms with van der Waals surface area (Å²) in [4.78, 5) is 69.2. The van der Waals surface area contributed by atoms with Crippen molar-refractivity contribution in [1.82, 2.24) is 40.8 Å². The highest BCUT2D eigenvalue weighted by Crippen LogP contribution is 2.52. The first kappa shape index (κ1) is 39.6. The second kappa shape index (κ2) is 16.8. The van der Waals surface area contributed by atoms with Gasteiger partial charge in [0.25, 0.3) is 0 Å². The number of methoxy groups -OCH3 is 2. The Balaban J connectivity index is 1.00. The molecule has 0 spiro atoms. The quantitative estimate of drug-likeness (QED) is 0.107. The van der Waals surface area contributed by atoms with Crippen LogP contribution in [-0.4, -0.2) is 87.7 Å². The number of benzene rings is 2. The first-order valence-electron chi connectivity index (χ1n) is 20.1. The Bertz CT molecular complexity index is 2060. The van der Waals surface area contributed by atoms with Crippen LogP contribution in [0.4, 0.5) is 9.59 Å². The summed E-state index contributed by atoms with van der Waals surface area (Å²) in [5, 5.41) is 8.68. The summed E-state index contributed by atoms with van der Waals surface area (Å²) in [6.45, 7) is 8.22. The predicted octanol–water partition coefficient (Wildman–Crippen LogP) is 6.56. The SMILES string of the molecule is COC(=O)N[C@H](C(=O)N[C@H]1C2CCC(C2)C1c1ncc(-c2ccc(-c3ccc(-c4cnc([C@@H]5CCCN5C(=O)[C@@H](NC(=O)OC)C(C)C)[nH]4)cc3)cc2)[nH]1)C(C)C. The number of H-pyrrole nitrogens is 2. The Kier molecular flexibility index (Phi) is 11.7. The number of hydrogen-bond donors (Lipinski definition) is 5. The van der Waals surface area contributed by atoms with Crippen LogP contribution in [0, 0.1) is 23.7 Å². The van der Waals surface area contributed by atoms with Crippen LogP contribution in [0.25, 0.3) is 33.6 Å². The fourth-order valence-corrected chi connectivity index (χ4v) is 9.05. The lowest BCUT2D eigenvalue weighted by Crippen LogP contribution is -2.54. The molecule has 3 unspecified atom stereocenters. The van der Waals surface area contributed by atoms with Crippen molar-refractivity contribution in [3.63, 3.8) is 0 Å². The number of rotatable bonds is 12. The molecule has 1 aliphatic heterocycles. The molecule has 302 valence electrons. The summed E-state index contributed by atoms with van der Waals surface area (Å²) >= 11 is 0. The lowest BCUT2D eigenvalue weighted by atomic mass is 9.83. The van der Waals surface area contributed by atoms with Gasteiger partial charge in [0.2, 0.25) is 11.8 Å². The van der Waals surface area contributed by atoms with E-state index in [1.807, 2.05) is 45.0 Å². The molecule has 2 bridgehead atoms. The van der Waals surface area contributed by atoms with Gasteiger partial charge in [-0.1, -0.05) is 76.2 Å². The van der Waals surface area contributed by atoms with Crippen LogP contribution < -0.4 is 16.0 Å². The number of fused-ring (bicyclic) bond motifs is 2. The normalized spacial score (nSPS) is 22.4. The van der Waals surface area contributed by atoms with Gasteiger partial charge in [0.1, 0.15) is 23.7 Å². The Labute approximate surface area is 333 Å². The molecule has 7 rings (SSSR count). The van der Waals surface area contributed by atoms with Crippen LogP contribution in [-0.2, 0) is 19.1 Å². The van der Waals surface area contributed by atoms with Crippen molar-refractivity contribution in [2.75, 3.05) is 20.8 Å². The molecule has 4 amide bonds. The topological polar surface area (TPSA) is 183 Å². The van der Waals surface area contributed by atoms with Gasteiger partial charge >= 0.3 is 12.2 Å². The molecule has 57 heavy (non-hydrogen) atoms. The van der Waals surface area contributed by atoms with Gasteiger partial charge in [0, 0.05) is 18.5 Å². The van der Waals surface area contributed by atoms with Crippen molar-refractivity contribution in [1.29, 1.82) is 0 Å². The van der Waals surface area contributed by atoms with Crippen molar-refractivity contribution >= 4 is 24.0 Å². The van der Waals surface area contributed by atoms with E-state index in [-0.39, 0.29) is 41.7 Å². The van der Waals surface area contributed by atoms with E-state index in [2.05, 4.69) is 79.4 Å². The smallest absolute Gasteiger partial charge is 0.407 e. The van der Waals surface area contributed by atoms with E-state index in [0.717, 1.165) is 77.4 Å². The standard InChI is InChI=1S/C43H54N8O6/c1-23(2)35(49-42(54)56-5)40(52)48-37-30-18-17-29(20-30)34(37)39-45-22-32(47-39)28-15-11-26(12-16-28)25-9-13-27(14-10-25)31-21-44-38(46-31)33-8-7-19-51(33)41(53)36(24(3)4)50-43(55)57-6/h9-16,21-24,29-30,33-37H,7-8,17-20H2,1-6H3,(H,44,46)(H,45,47)(H,48,52)(H,49,54)(H,50,55)/t29?,30?,33-,34?,35-,36-,37-/m0/s1. The van der Waals surface area contributed by atoms with Crippen molar-refractivity contribution in [3.05, 3.63) is 72.6 Å². The van der Waals surface area contributed by atoms with E-state index in [1.165, 1.54) is 14.2 Å². The number of imidazole rings is 2. The van der Waals surface area contributed by atoms with Gasteiger partial charge in [-0.25, -0.2) is 19.6 Å². The molecule has 3 aliphatic rings. The molecule has 2 saturated carbocycles. The monoisotopic (exact) mass is 778 g/mol. The Hall–Kier alpha value is -5.66. The van der Waals surface area contributed by atoms with Crippen molar-refractivity contribution < 1.29 is 28.7 Å². The predicted molar refractivity (Wildman–Crippen MR) is 215 cm³/mol. The summed E-state index contributed by atoms with van der Waals surface area (Å²) < 4.78 is 9.52. The van der Waals surface area contributed by atoms with Crippen LogP contribution in [0.3, 0.4) is 0 Å². The van der Waals surface area contributed by atoms with Gasteiger partial charge < -0.3 is 40.3 Å². The maximum Gasteiger partial charge on any atom is 0.407 e. The number of aromatic amines is 2. The van der Waals surface area contributed by atoms with E-state index in [1.54, 1.807) is 0 Å². The first-order chi connectivity index (χ1) is 27.4. The number of amides is 4. The molecular formula is C43H54N8O6. The average Bonchev–Trinajstić information content (AvgIpc) is 4.07. The molecule has 2 aromatic heterocycles. The van der Waals surface area contributed by atoms with E-state index >= 15 is 0 Å². The van der Waals surface area contributed by atoms with Crippen LogP contribution in [0.15, 0.2) is 60.9 Å². The molecule has 4 aromatic rings. The van der Waals surface area contributed by atoms with E-state index in [4.69, 9.17) is 14.5 Å². The Morgan fingerprint density at radius 1 is 0.702 bits per heavy atom. The van der Waals surface area contributed by atoms with Crippen LogP contribution in [0.1, 0.15) is 83.4 Å². The van der Waals surface area contributed by atoms with E-state index in [0.29, 0.717) is 18.4 Å². The highest BCUT2D eigenvalue weighted by Gasteiger charge is 2.50. The third-order valence-electron chi connectivity index (χ3n) is 12.1. The summed E-state index contributed by atoms with van der Waals surface area (Å²) in [5.41, 5.74) is 5.94. The van der Waals surface area contributed by atoms with Crippen LogP contribution in [0.5, 0.6) is 0 Å². The summed E-state index contributed by atoms with van der Waals surface area (Å²) in [5.74, 6) is 1.96. The fourth-order valence-electron chi connectivity index (χ4n) is 9.05. The number of carbonyl (C=O) groups is 4. The van der Waals surface area contributed by atoms with Gasteiger partial charge in [-0.05, 0) is 78.0 Å². The second-order valence-electron chi connectivity index (χ2n) is 16.3. The Morgan fingerprint density at radius 3 is 1.77 bits per heavy atom. The molecule has 0 radical (unpaired) electrons. The van der Waals surface area contributed by atoms with Gasteiger partial charge in [0.05, 0.1) is 44.0 Å². The van der Waals surface area contributed by atoms with Gasteiger partial charge in [-0.3, -0.25) is 9.59 Å².